The number of aromatic nitrogens is 3. The van der Waals surface area contributed by atoms with Crippen molar-refractivity contribution < 1.29 is 23.3 Å². The van der Waals surface area contributed by atoms with Gasteiger partial charge in [0, 0.05) is 29.4 Å². The predicted octanol–water partition coefficient (Wildman–Crippen LogP) is 5.05. The minimum atomic E-state index is 0. The number of nitrogens with zero attached hydrogens (tertiary/aromatic N) is 3. The number of thiol groups is 1. The van der Waals surface area contributed by atoms with Crippen LogP contribution in [0.3, 0.4) is 0 Å². The zero-order chi connectivity index (χ0) is 19.9. The van der Waals surface area contributed by atoms with Crippen molar-refractivity contribution in [3.05, 3.63) is 55.5 Å². The number of fused-ring (bicyclic) bond motifs is 1. The maximum Gasteiger partial charge on any atom is 2.00 e. The molecule has 0 saturated carbocycles. The van der Waals surface area contributed by atoms with Crippen LogP contribution < -0.4 is 5.32 Å². The minimum absolute atomic E-state index is 0. The largest absolute Gasteiger partial charge is 2.00 e. The Morgan fingerprint density at radius 3 is 2.69 bits per heavy atom. The summed E-state index contributed by atoms with van der Waals surface area (Å²) in [6, 6.07) is 11.1. The molecule has 0 saturated heterocycles. The first-order valence-electron chi connectivity index (χ1n) is 9.57. The van der Waals surface area contributed by atoms with Gasteiger partial charge in [0.25, 0.3) is 0 Å². The van der Waals surface area contributed by atoms with Crippen LogP contribution in [0.5, 0.6) is 0 Å². The molecule has 2 aromatic heterocycles. The molecule has 3 rings (SSSR count). The number of anilines is 2. The zero-order valence-corrected chi connectivity index (χ0v) is 19.1. The van der Waals surface area contributed by atoms with Crippen LogP contribution in [-0.2, 0) is 29.7 Å². The quantitative estimate of drug-likeness (QED) is 0.356. The van der Waals surface area contributed by atoms with Crippen molar-refractivity contribution in [2.75, 3.05) is 11.9 Å². The standard InChI is InChI=1S/C22H26N4OS.V/c1-4-15(2)11-16(3)27-10-9-18-12-20-21(13-23-18)24-14-25-22(20)26-17-5-7-19(28)8-6-17;/h5-8,13-16,28H,3-4,9-11H2,1-2H3,(H,24,25,26);/q-2;+2/t15-,16?;/m1./s1. The van der Waals surface area contributed by atoms with E-state index in [0.717, 1.165) is 40.0 Å². The molecule has 2 atom stereocenters. The molecule has 29 heavy (non-hydrogen) atoms. The molecule has 5 nitrogen and oxygen atoms in total. The molecule has 0 bridgehead atoms. The molecule has 1 N–H and O–H groups in total. The summed E-state index contributed by atoms with van der Waals surface area (Å²) in [6.07, 6.45) is 6.07. The molecule has 0 amide bonds. The second kappa shape index (κ2) is 11.6. The smallest absolute Gasteiger partial charge is 0.410 e. The van der Waals surface area contributed by atoms with Crippen molar-refractivity contribution in [3.63, 3.8) is 0 Å². The van der Waals surface area contributed by atoms with Gasteiger partial charge in [0.05, 0.1) is 6.33 Å². The molecule has 151 valence electrons. The Bertz CT molecular complexity index is 907. The van der Waals surface area contributed by atoms with Crippen LogP contribution in [0.1, 0.15) is 32.4 Å². The monoisotopic (exact) mass is 445 g/mol. The number of benzene rings is 1. The molecule has 0 aliphatic carbocycles. The second-order valence-electron chi connectivity index (χ2n) is 6.98. The first-order chi connectivity index (χ1) is 13.5. The maximum atomic E-state index is 5.84. The molecule has 0 aliphatic rings. The molecule has 1 aromatic carbocycles. The first-order valence-corrected chi connectivity index (χ1v) is 10.0. The van der Waals surface area contributed by atoms with E-state index < -0.39 is 0 Å². The van der Waals surface area contributed by atoms with Crippen LogP contribution in [0.4, 0.5) is 11.5 Å². The van der Waals surface area contributed by atoms with Crippen molar-refractivity contribution in [1.82, 2.24) is 15.0 Å². The SMILES string of the molecule is [CH2-]C(C[C@H](C)CC)OCCc1[c-]c2c(Nc3ccc(S)cc3)ncnc2cn1.[V+2]. The molecule has 0 spiro atoms. The third kappa shape index (κ3) is 7.00. The molecule has 0 fully saturated rings. The second-order valence-corrected chi connectivity index (χ2v) is 7.49. The molecule has 7 heteroatoms. The van der Waals surface area contributed by atoms with E-state index in [1.54, 1.807) is 6.20 Å². The van der Waals surface area contributed by atoms with E-state index in [0.29, 0.717) is 24.8 Å². The fourth-order valence-corrected chi connectivity index (χ4v) is 2.99. The third-order valence-electron chi connectivity index (χ3n) is 4.67. The van der Waals surface area contributed by atoms with Crippen molar-refractivity contribution in [2.24, 2.45) is 5.92 Å². The van der Waals surface area contributed by atoms with Gasteiger partial charge in [0.1, 0.15) is 0 Å². The summed E-state index contributed by atoms with van der Waals surface area (Å²) >= 11 is 4.32. The average molecular weight is 445 g/mol. The van der Waals surface area contributed by atoms with E-state index >= 15 is 0 Å². The number of hydrogen-bond acceptors (Lipinski definition) is 6. The van der Waals surface area contributed by atoms with Crippen molar-refractivity contribution in [2.45, 2.75) is 44.1 Å². The van der Waals surface area contributed by atoms with E-state index in [9.17, 15) is 0 Å². The number of rotatable bonds is 9. The fourth-order valence-electron chi connectivity index (χ4n) is 2.85. The Morgan fingerprint density at radius 2 is 1.97 bits per heavy atom. The number of hydrogen-bond donors (Lipinski definition) is 2. The Kier molecular flexibility index (Phi) is 9.43. The molecule has 1 radical (unpaired) electrons. The summed E-state index contributed by atoms with van der Waals surface area (Å²) in [6.45, 7) is 9.06. The fraction of sp³-hybridized carbons (Fsp3) is 0.364. The van der Waals surface area contributed by atoms with Crippen LogP contribution in [0.2, 0.25) is 0 Å². The van der Waals surface area contributed by atoms with E-state index in [4.69, 9.17) is 4.74 Å². The Balaban J connectivity index is 0.00000300. The number of pyridine rings is 1. The van der Waals surface area contributed by atoms with Crippen LogP contribution in [-0.4, -0.2) is 27.7 Å². The van der Waals surface area contributed by atoms with Crippen molar-refractivity contribution in [1.29, 1.82) is 0 Å². The predicted molar refractivity (Wildman–Crippen MR) is 116 cm³/mol. The van der Waals surface area contributed by atoms with Crippen LogP contribution in [0, 0.1) is 18.9 Å². The van der Waals surface area contributed by atoms with Gasteiger partial charge in [-0.2, -0.15) is 0 Å². The number of nitrogens with one attached hydrogen (secondary N) is 1. The van der Waals surface area contributed by atoms with Gasteiger partial charge in [-0.25, -0.2) is 0 Å². The van der Waals surface area contributed by atoms with E-state index in [2.05, 4.69) is 59.7 Å². The van der Waals surface area contributed by atoms with Gasteiger partial charge in [-0.1, -0.05) is 32.8 Å². The van der Waals surface area contributed by atoms with Crippen LogP contribution in [0.15, 0.2) is 41.7 Å². The third-order valence-corrected chi connectivity index (χ3v) is 4.97. The van der Waals surface area contributed by atoms with Crippen molar-refractivity contribution in [3.8, 4) is 0 Å². The van der Waals surface area contributed by atoms with Gasteiger partial charge < -0.3 is 22.0 Å². The first kappa shape index (κ1) is 23.7. The van der Waals surface area contributed by atoms with Gasteiger partial charge >= 0.3 is 18.6 Å². The minimum Gasteiger partial charge on any atom is -0.410 e. The summed E-state index contributed by atoms with van der Waals surface area (Å²) in [5, 5.41) is 4.13. The van der Waals surface area contributed by atoms with Crippen LogP contribution in [0.25, 0.3) is 10.9 Å². The molecule has 3 aromatic rings. The van der Waals surface area contributed by atoms with E-state index in [-0.39, 0.29) is 24.7 Å². The summed E-state index contributed by atoms with van der Waals surface area (Å²) in [5.74, 6) is 1.32. The topological polar surface area (TPSA) is 59.9 Å². The summed E-state index contributed by atoms with van der Waals surface area (Å²) in [5.41, 5.74) is 2.50. The number of ether oxygens (including phenoxy) is 1. The molecule has 0 aliphatic heterocycles. The Morgan fingerprint density at radius 1 is 1.21 bits per heavy atom. The normalized spacial score (nSPS) is 13.0. The Hall–Kier alpha value is -1.60. The van der Waals surface area contributed by atoms with Crippen LogP contribution >= 0.6 is 12.6 Å². The van der Waals surface area contributed by atoms with Gasteiger partial charge in [-0.15, -0.1) is 24.1 Å². The molecule has 2 heterocycles. The molecular weight excluding hydrogens is 419 g/mol. The molecular formula is C22H26N4OSV. The van der Waals surface area contributed by atoms with E-state index in [1.807, 2.05) is 24.3 Å². The average Bonchev–Trinajstić information content (AvgIpc) is 2.70. The summed E-state index contributed by atoms with van der Waals surface area (Å²) in [4.78, 5) is 14.0. The Labute approximate surface area is 190 Å². The molecule has 1 unspecified atom stereocenters. The van der Waals surface area contributed by atoms with Gasteiger partial charge in [0.15, 0.2) is 0 Å². The zero-order valence-electron chi connectivity index (χ0n) is 16.8. The van der Waals surface area contributed by atoms with Crippen molar-refractivity contribution >= 4 is 35.0 Å². The summed E-state index contributed by atoms with van der Waals surface area (Å²) < 4.78 is 5.84. The van der Waals surface area contributed by atoms with Gasteiger partial charge in [-0.05, 0) is 47.6 Å². The van der Waals surface area contributed by atoms with Gasteiger partial charge in [0.2, 0.25) is 0 Å². The van der Waals surface area contributed by atoms with Gasteiger partial charge in [-0.3, -0.25) is 9.97 Å². The van der Waals surface area contributed by atoms with E-state index in [1.165, 1.54) is 6.33 Å². The summed E-state index contributed by atoms with van der Waals surface area (Å²) in [7, 11) is 0. The maximum absolute atomic E-state index is 5.84.